The standard InChI is InChI=1S/C12H16Br2N2O3/c1-18-4-3-15-12(17)7-16-10-6-11(19-2)9(14)5-8(10)13/h5-6,16H,3-4,7H2,1-2H3,(H,15,17). The molecule has 1 aromatic rings. The molecule has 0 heterocycles. The van der Waals surface area contributed by atoms with Gasteiger partial charge in [0.15, 0.2) is 0 Å². The van der Waals surface area contributed by atoms with Crippen LogP contribution in [0.25, 0.3) is 0 Å². The number of carbonyl (C=O) groups is 1. The summed E-state index contributed by atoms with van der Waals surface area (Å²) in [6.07, 6.45) is 0. The van der Waals surface area contributed by atoms with Crippen LogP contribution in [0.2, 0.25) is 0 Å². The molecule has 0 saturated heterocycles. The Balaban J connectivity index is 2.55. The van der Waals surface area contributed by atoms with Crippen LogP contribution in [0.3, 0.4) is 0 Å². The molecule has 1 amide bonds. The smallest absolute Gasteiger partial charge is 0.239 e. The molecule has 106 valence electrons. The van der Waals surface area contributed by atoms with E-state index in [1.165, 1.54) is 0 Å². The number of ether oxygens (including phenoxy) is 2. The van der Waals surface area contributed by atoms with E-state index in [2.05, 4.69) is 42.5 Å². The number of hydrogen-bond acceptors (Lipinski definition) is 4. The van der Waals surface area contributed by atoms with Crippen LogP contribution >= 0.6 is 31.9 Å². The molecule has 0 aliphatic heterocycles. The van der Waals surface area contributed by atoms with Crippen LogP contribution in [0.4, 0.5) is 5.69 Å². The van der Waals surface area contributed by atoms with E-state index in [9.17, 15) is 4.79 Å². The summed E-state index contributed by atoms with van der Waals surface area (Å²) in [6.45, 7) is 1.19. The van der Waals surface area contributed by atoms with Gasteiger partial charge in [-0.05, 0) is 37.9 Å². The summed E-state index contributed by atoms with van der Waals surface area (Å²) < 4.78 is 11.8. The van der Waals surface area contributed by atoms with Crippen molar-refractivity contribution in [2.24, 2.45) is 0 Å². The zero-order valence-electron chi connectivity index (χ0n) is 10.8. The second-order valence-corrected chi connectivity index (χ2v) is 5.37. The molecule has 0 atom stereocenters. The number of hydrogen-bond donors (Lipinski definition) is 2. The van der Waals surface area contributed by atoms with Gasteiger partial charge in [0.05, 0.1) is 30.4 Å². The first-order valence-electron chi connectivity index (χ1n) is 5.61. The Hall–Kier alpha value is -0.790. The predicted molar refractivity (Wildman–Crippen MR) is 81.8 cm³/mol. The topological polar surface area (TPSA) is 59.6 Å². The zero-order valence-corrected chi connectivity index (χ0v) is 13.9. The van der Waals surface area contributed by atoms with Crippen LogP contribution in [-0.2, 0) is 9.53 Å². The summed E-state index contributed by atoms with van der Waals surface area (Å²) in [4.78, 5) is 11.5. The van der Waals surface area contributed by atoms with Gasteiger partial charge in [0.25, 0.3) is 0 Å². The lowest BCUT2D eigenvalue weighted by Crippen LogP contribution is -2.32. The molecular weight excluding hydrogens is 380 g/mol. The van der Waals surface area contributed by atoms with Gasteiger partial charge in [0.1, 0.15) is 5.75 Å². The third kappa shape index (κ3) is 5.38. The fourth-order valence-electron chi connectivity index (χ4n) is 1.35. The lowest BCUT2D eigenvalue weighted by atomic mass is 10.3. The van der Waals surface area contributed by atoms with Crippen LogP contribution < -0.4 is 15.4 Å². The average Bonchev–Trinajstić information content (AvgIpc) is 2.38. The molecule has 0 fully saturated rings. The van der Waals surface area contributed by atoms with Crippen molar-refractivity contribution in [3.63, 3.8) is 0 Å². The monoisotopic (exact) mass is 394 g/mol. The first-order chi connectivity index (χ1) is 9.08. The van der Waals surface area contributed by atoms with E-state index < -0.39 is 0 Å². The van der Waals surface area contributed by atoms with Gasteiger partial charge in [-0.1, -0.05) is 0 Å². The van der Waals surface area contributed by atoms with Crippen LogP contribution in [0.1, 0.15) is 0 Å². The maximum absolute atomic E-state index is 11.5. The molecule has 7 heteroatoms. The normalized spacial score (nSPS) is 10.1. The Bertz CT molecular complexity index is 441. The lowest BCUT2D eigenvalue weighted by molar-refractivity contribution is -0.119. The number of rotatable bonds is 7. The fraction of sp³-hybridized carbons (Fsp3) is 0.417. The van der Waals surface area contributed by atoms with Crippen molar-refractivity contribution < 1.29 is 14.3 Å². The van der Waals surface area contributed by atoms with Gasteiger partial charge >= 0.3 is 0 Å². The second-order valence-electron chi connectivity index (χ2n) is 3.66. The van der Waals surface area contributed by atoms with Crippen molar-refractivity contribution in [2.75, 3.05) is 39.2 Å². The summed E-state index contributed by atoms with van der Waals surface area (Å²) >= 11 is 6.81. The molecule has 0 unspecified atom stereocenters. The van der Waals surface area contributed by atoms with Gasteiger partial charge in [0, 0.05) is 24.2 Å². The molecule has 0 aromatic heterocycles. The highest BCUT2D eigenvalue weighted by Crippen LogP contribution is 2.34. The summed E-state index contributed by atoms with van der Waals surface area (Å²) in [6, 6.07) is 3.68. The first kappa shape index (κ1) is 16.3. The maximum Gasteiger partial charge on any atom is 0.239 e. The van der Waals surface area contributed by atoms with Gasteiger partial charge in [0.2, 0.25) is 5.91 Å². The lowest BCUT2D eigenvalue weighted by Gasteiger charge is -2.12. The van der Waals surface area contributed by atoms with Crippen molar-refractivity contribution >= 4 is 43.5 Å². The van der Waals surface area contributed by atoms with E-state index in [1.54, 1.807) is 14.2 Å². The Morgan fingerprint density at radius 3 is 2.63 bits per heavy atom. The summed E-state index contributed by atoms with van der Waals surface area (Å²) in [5, 5.41) is 5.77. The van der Waals surface area contributed by atoms with Crippen LogP contribution in [0.5, 0.6) is 5.75 Å². The molecule has 1 rings (SSSR count). The Morgan fingerprint density at radius 2 is 2.00 bits per heavy atom. The zero-order chi connectivity index (χ0) is 14.3. The van der Waals surface area contributed by atoms with Gasteiger partial charge in [-0.15, -0.1) is 0 Å². The van der Waals surface area contributed by atoms with Crippen molar-refractivity contribution in [1.29, 1.82) is 0 Å². The first-order valence-corrected chi connectivity index (χ1v) is 7.19. The minimum atomic E-state index is -0.0918. The predicted octanol–water partition coefficient (Wildman–Crippen LogP) is 2.39. The van der Waals surface area contributed by atoms with E-state index in [0.29, 0.717) is 18.9 Å². The molecule has 0 bridgehead atoms. The van der Waals surface area contributed by atoms with Gasteiger partial charge in [-0.3, -0.25) is 4.79 Å². The quantitative estimate of drug-likeness (QED) is 0.696. The molecule has 5 nitrogen and oxygen atoms in total. The average molecular weight is 396 g/mol. The number of halogens is 2. The van der Waals surface area contributed by atoms with E-state index in [-0.39, 0.29) is 12.5 Å². The number of methoxy groups -OCH3 is 2. The highest BCUT2D eigenvalue weighted by Gasteiger charge is 2.08. The summed E-state index contributed by atoms with van der Waals surface area (Å²) in [7, 11) is 3.19. The van der Waals surface area contributed by atoms with Gasteiger partial charge < -0.3 is 20.1 Å². The van der Waals surface area contributed by atoms with Gasteiger partial charge in [-0.2, -0.15) is 0 Å². The number of anilines is 1. The molecule has 0 spiro atoms. The molecule has 0 radical (unpaired) electrons. The van der Waals surface area contributed by atoms with Crippen molar-refractivity contribution in [1.82, 2.24) is 5.32 Å². The van der Waals surface area contributed by atoms with Crippen molar-refractivity contribution in [3.05, 3.63) is 21.1 Å². The number of benzene rings is 1. The van der Waals surface area contributed by atoms with Crippen LogP contribution in [0.15, 0.2) is 21.1 Å². The summed E-state index contributed by atoms with van der Waals surface area (Å²) in [5.74, 6) is 0.608. The third-order valence-corrected chi connectivity index (χ3v) is 3.59. The number of carbonyl (C=O) groups excluding carboxylic acids is 1. The van der Waals surface area contributed by atoms with Crippen molar-refractivity contribution in [3.8, 4) is 5.75 Å². The van der Waals surface area contributed by atoms with E-state index >= 15 is 0 Å². The number of amides is 1. The van der Waals surface area contributed by atoms with Crippen LogP contribution in [0, 0.1) is 0 Å². The van der Waals surface area contributed by atoms with Gasteiger partial charge in [-0.25, -0.2) is 0 Å². The third-order valence-electron chi connectivity index (χ3n) is 2.31. The maximum atomic E-state index is 11.5. The SMILES string of the molecule is COCCNC(=O)CNc1cc(OC)c(Br)cc1Br. The Morgan fingerprint density at radius 1 is 1.26 bits per heavy atom. The molecule has 0 saturated carbocycles. The van der Waals surface area contributed by atoms with E-state index in [1.807, 2.05) is 12.1 Å². The van der Waals surface area contributed by atoms with E-state index in [0.717, 1.165) is 14.6 Å². The molecule has 2 N–H and O–H groups in total. The Kier molecular flexibility index (Phi) is 7.19. The fourth-order valence-corrected chi connectivity index (χ4v) is 2.65. The highest BCUT2D eigenvalue weighted by atomic mass is 79.9. The second kappa shape index (κ2) is 8.39. The van der Waals surface area contributed by atoms with Crippen LogP contribution in [-0.4, -0.2) is 39.8 Å². The minimum absolute atomic E-state index is 0.0918. The molecule has 0 aliphatic carbocycles. The summed E-state index contributed by atoms with van der Waals surface area (Å²) in [5.41, 5.74) is 0.793. The van der Waals surface area contributed by atoms with E-state index in [4.69, 9.17) is 9.47 Å². The minimum Gasteiger partial charge on any atom is -0.495 e. The molecular formula is C12H16Br2N2O3. The molecule has 0 aliphatic rings. The molecule has 19 heavy (non-hydrogen) atoms. The largest absolute Gasteiger partial charge is 0.495 e. The van der Waals surface area contributed by atoms with Crippen molar-refractivity contribution in [2.45, 2.75) is 0 Å². The highest BCUT2D eigenvalue weighted by molar-refractivity contribution is 9.11. The molecule has 1 aromatic carbocycles. The number of nitrogens with one attached hydrogen (secondary N) is 2. The Labute approximate surface area is 129 Å².